The molecule has 24 heavy (non-hydrogen) atoms. The summed E-state index contributed by atoms with van der Waals surface area (Å²) in [5, 5.41) is 13.6. The van der Waals surface area contributed by atoms with Crippen LogP contribution in [0.25, 0.3) is 0 Å². The number of phenols is 1. The Bertz CT molecular complexity index is 849. The maximum Gasteiger partial charge on any atom is 0.276 e. The smallest absolute Gasteiger partial charge is 0.276 e. The number of hydrogen-bond acceptors (Lipinski definition) is 5. The van der Waals surface area contributed by atoms with E-state index in [9.17, 15) is 13.5 Å². The zero-order valence-electron chi connectivity index (χ0n) is 13.2. The Morgan fingerprint density at radius 1 is 1.29 bits per heavy atom. The quantitative estimate of drug-likeness (QED) is 0.563. The van der Waals surface area contributed by atoms with Crippen LogP contribution in [-0.2, 0) is 10.0 Å². The summed E-state index contributed by atoms with van der Waals surface area (Å²) in [6, 6.07) is 9.61. The number of ether oxygens (including phenoxy) is 1. The van der Waals surface area contributed by atoms with Crippen LogP contribution < -0.4 is 9.57 Å². The van der Waals surface area contributed by atoms with Crippen molar-refractivity contribution < 1.29 is 18.3 Å². The van der Waals surface area contributed by atoms with Gasteiger partial charge in [-0.1, -0.05) is 17.7 Å². The number of nitrogens with zero attached hydrogens (tertiary/aromatic N) is 1. The molecule has 0 saturated carbocycles. The molecule has 2 N–H and O–H groups in total. The highest BCUT2D eigenvalue weighted by atomic mass is 79.9. The lowest BCUT2D eigenvalue weighted by Gasteiger charge is -2.08. The van der Waals surface area contributed by atoms with Gasteiger partial charge in [-0.25, -0.2) is 4.83 Å². The Morgan fingerprint density at radius 2 is 1.96 bits per heavy atom. The summed E-state index contributed by atoms with van der Waals surface area (Å²) in [6.45, 7) is 4.06. The Kier molecular flexibility index (Phi) is 5.84. The van der Waals surface area contributed by atoms with Gasteiger partial charge < -0.3 is 9.84 Å². The van der Waals surface area contributed by atoms with E-state index >= 15 is 0 Å². The van der Waals surface area contributed by atoms with Crippen molar-refractivity contribution in [2.75, 3.05) is 6.61 Å². The fraction of sp³-hybridized carbons (Fsp3) is 0.188. The molecule has 0 amide bonds. The fourth-order valence-electron chi connectivity index (χ4n) is 1.87. The van der Waals surface area contributed by atoms with Crippen molar-refractivity contribution in [1.29, 1.82) is 0 Å². The monoisotopic (exact) mass is 412 g/mol. The molecule has 0 heterocycles. The average molecular weight is 413 g/mol. The molecule has 6 nitrogen and oxygen atoms in total. The van der Waals surface area contributed by atoms with E-state index in [4.69, 9.17) is 4.74 Å². The second kappa shape index (κ2) is 7.67. The lowest BCUT2D eigenvalue weighted by molar-refractivity contribution is 0.317. The van der Waals surface area contributed by atoms with E-state index in [0.29, 0.717) is 16.6 Å². The van der Waals surface area contributed by atoms with Gasteiger partial charge in [-0.05, 0) is 59.6 Å². The number of sulfonamides is 1. The third-order valence-corrected chi connectivity index (χ3v) is 4.91. The number of hydrogen-bond donors (Lipinski definition) is 2. The van der Waals surface area contributed by atoms with Crippen molar-refractivity contribution in [2.24, 2.45) is 5.10 Å². The Hall–Kier alpha value is -2.06. The summed E-state index contributed by atoms with van der Waals surface area (Å²) in [6.07, 6.45) is 1.33. The minimum atomic E-state index is -3.73. The van der Waals surface area contributed by atoms with Crippen LogP contribution in [0.3, 0.4) is 0 Å². The summed E-state index contributed by atoms with van der Waals surface area (Å²) in [4.78, 5) is 2.28. The first kappa shape index (κ1) is 18.3. The number of aryl methyl sites for hydroxylation is 1. The first-order chi connectivity index (χ1) is 11.3. The van der Waals surface area contributed by atoms with E-state index in [-0.39, 0.29) is 16.4 Å². The molecular weight excluding hydrogens is 396 g/mol. The number of aromatic hydroxyl groups is 1. The highest BCUT2D eigenvalue weighted by Gasteiger charge is 2.12. The highest BCUT2D eigenvalue weighted by Crippen LogP contribution is 2.35. The topological polar surface area (TPSA) is 88.0 Å². The Balaban J connectivity index is 2.18. The zero-order chi connectivity index (χ0) is 17.7. The van der Waals surface area contributed by atoms with Crippen LogP contribution in [0.15, 0.2) is 50.9 Å². The first-order valence-electron chi connectivity index (χ1n) is 7.10. The van der Waals surface area contributed by atoms with Gasteiger partial charge in [0.15, 0.2) is 11.5 Å². The van der Waals surface area contributed by atoms with Crippen LogP contribution >= 0.6 is 15.9 Å². The molecule has 0 aliphatic heterocycles. The lowest BCUT2D eigenvalue weighted by Crippen LogP contribution is -2.18. The second-order valence-corrected chi connectivity index (χ2v) is 7.46. The molecule has 128 valence electrons. The van der Waals surface area contributed by atoms with Crippen molar-refractivity contribution in [3.05, 3.63) is 52.0 Å². The van der Waals surface area contributed by atoms with E-state index in [1.807, 2.05) is 6.92 Å². The second-order valence-electron chi connectivity index (χ2n) is 4.95. The summed E-state index contributed by atoms with van der Waals surface area (Å²) in [7, 11) is -3.73. The van der Waals surface area contributed by atoms with Gasteiger partial charge in [-0.2, -0.15) is 13.5 Å². The van der Waals surface area contributed by atoms with Gasteiger partial charge in [-0.3, -0.25) is 0 Å². The van der Waals surface area contributed by atoms with E-state index in [2.05, 4.69) is 25.9 Å². The van der Waals surface area contributed by atoms with Crippen LogP contribution in [-0.4, -0.2) is 26.3 Å². The molecule has 0 spiro atoms. The molecule has 0 radical (unpaired) electrons. The number of nitrogens with one attached hydrogen (secondary N) is 1. The zero-order valence-corrected chi connectivity index (χ0v) is 15.6. The van der Waals surface area contributed by atoms with Gasteiger partial charge in [0.25, 0.3) is 10.0 Å². The van der Waals surface area contributed by atoms with Gasteiger partial charge >= 0.3 is 0 Å². The van der Waals surface area contributed by atoms with E-state index in [1.165, 1.54) is 18.3 Å². The SMILES string of the molecule is CCOc1cc(/C=N/NS(=O)(=O)c2ccc(C)cc2)cc(Br)c1O. The van der Waals surface area contributed by atoms with Crippen LogP contribution in [0.1, 0.15) is 18.1 Å². The largest absolute Gasteiger partial charge is 0.503 e. The van der Waals surface area contributed by atoms with Crippen LogP contribution in [0.4, 0.5) is 0 Å². The summed E-state index contributed by atoms with van der Waals surface area (Å²) >= 11 is 3.21. The molecule has 2 aromatic rings. The van der Waals surface area contributed by atoms with Gasteiger partial charge in [0, 0.05) is 0 Å². The Morgan fingerprint density at radius 3 is 2.58 bits per heavy atom. The van der Waals surface area contributed by atoms with Crippen LogP contribution in [0.2, 0.25) is 0 Å². The lowest BCUT2D eigenvalue weighted by atomic mass is 10.2. The predicted octanol–water partition coefficient (Wildman–Crippen LogP) is 3.17. The number of benzene rings is 2. The van der Waals surface area contributed by atoms with Crippen LogP contribution in [0.5, 0.6) is 11.5 Å². The maximum atomic E-state index is 12.1. The molecule has 0 aliphatic rings. The third kappa shape index (κ3) is 4.48. The molecule has 0 fully saturated rings. The standard InChI is InChI=1S/C16H17BrN2O4S/c1-3-23-15-9-12(8-14(17)16(15)20)10-18-19-24(21,22)13-6-4-11(2)5-7-13/h4-10,19-20H,3H2,1-2H3/b18-10+. The predicted molar refractivity (Wildman–Crippen MR) is 96.1 cm³/mol. The normalized spacial score (nSPS) is 11.6. The van der Waals surface area contributed by atoms with E-state index in [1.54, 1.807) is 31.2 Å². The summed E-state index contributed by atoms with van der Waals surface area (Å²) < 4.78 is 30.0. The Labute approximate surface area is 149 Å². The molecule has 2 aromatic carbocycles. The number of phenolic OH excluding ortho intramolecular Hbond substituents is 1. The van der Waals surface area contributed by atoms with Crippen molar-refractivity contribution in [1.82, 2.24) is 4.83 Å². The average Bonchev–Trinajstić information content (AvgIpc) is 2.52. The van der Waals surface area contributed by atoms with Crippen molar-refractivity contribution in [3.63, 3.8) is 0 Å². The van der Waals surface area contributed by atoms with Gasteiger partial charge in [0.2, 0.25) is 0 Å². The van der Waals surface area contributed by atoms with E-state index < -0.39 is 10.0 Å². The maximum absolute atomic E-state index is 12.1. The number of halogens is 1. The number of rotatable bonds is 6. The molecule has 2 rings (SSSR count). The van der Waals surface area contributed by atoms with Gasteiger partial charge in [0.1, 0.15) is 0 Å². The summed E-state index contributed by atoms with van der Waals surface area (Å²) in [5.41, 5.74) is 1.53. The molecule has 0 aromatic heterocycles. The van der Waals surface area contributed by atoms with Crippen molar-refractivity contribution in [2.45, 2.75) is 18.7 Å². The van der Waals surface area contributed by atoms with Crippen molar-refractivity contribution in [3.8, 4) is 11.5 Å². The van der Waals surface area contributed by atoms with Gasteiger partial charge in [-0.15, -0.1) is 0 Å². The van der Waals surface area contributed by atoms with Gasteiger partial charge in [0.05, 0.1) is 22.2 Å². The highest BCUT2D eigenvalue weighted by molar-refractivity contribution is 9.10. The molecule has 0 saturated heterocycles. The molecule has 0 bridgehead atoms. The number of hydrazone groups is 1. The first-order valence-corrected chi connectivity index (χ1v) is 9.38. The molecule has 8 heteroatoms. The van der Waals surface area contributed by atoms with Crippen LogP contribution in [0, 0.1) is 6.92 Å². The molecule has 0 atom stereocenters. The molecular formula is C16H17BrN2O4S. The minimum Gasteiger partial charge on any atom is -0.503 e. The van der Waals surface area contributed by atoms with Crippen molar-refractivity contribution >= 4 is 32.2 Å². The minimum absolute atomic E-state index is 0.0192. The van der Waals surface area contributed by atoms with E-state index in [0.717, 1.165) is 5.56 Å². The fourth-order valence-corrected chi connectivity index (χ4v) is 3.13. The third-order valence-electron chi connectivity index (χ3n) is 3.07. The molecule has 0 unspecified atom stereocenters. The summed E-state index contributed by atoms with van der Waals surface area (Å²) in [5.74, 6) is 0.268. The molecule has 0 aliphatic carbocycles.